The first-order chi connectivity index (χ1) is 14.4. The Labute approximate surface area is 176 Å². The number of imidazole rings is 1. The van der Waals surface area contributed by atoms with Gasteiger partial charge in [0, 0.05) is 6.08 Å². The van der Waals surface area contributed by atoms with Crippen LogP contribution in [-0.4, -0.2) is 29.2 Å². The van der Waals surface area contributed by atoms with Crippen LogP contribution in [0.3, 0.4) is 0 Å². The highest BCUT2D eigenvalue weighted by Crippen LogP contribution is 2.36. The average Bonchev–Trinajstić information content (AvgIpc) is 3.09. The lowest BCUT2D eigenvalue weighted by atomic mass is 10.2. The molecule has 0 bridgehead atoms. The topological polar surface area (TPSA) is 62.6 Å². The third-order valence-electron chi connectivity index (χ3n) is 4.16. The molecule has 9 heteroatoms. The Balaban J connectivity index is 1.73. The van der Waals surface area contributed by atoms with Crippen LogP contribution < -0.4 is 9.47 Å². The molecule has 0 atom stereocenters. The number of fused-ring (bicyclic) bond motifs is 1. The number of rotatable bonds is 8. The van der Waals surface area contributed by atoms with Gasteiger partial charge in [-0.3, -0.25) is 4.57 Å². The molecule has 6 nitrogen and oxygen atoms in total. The minimum atomic E-state index is -2.81. The van der Waals surface area contributed by atoms with E-state index in [1.165, 1.54) is 25.3 Å². The summed E-state index contributed by atoms with van der Waals surface area (Å²) < 4.78 is 43.4. The van der Waals surface area contributed by atoms with E-state index in [4.69, 9.17) is 25.8 Å². The van der Waals surface area contributed by atoms with Crippen LogP contribution in [0.25, 0.3) is 17.1 Å². The predicted octanol–water partition coefficient (Wildman–Crippen LogP) is 5.25. The summed E-state index contributed by atoms with van der Waals surface area (Å²) >= 11 is 6.18. The normalized spacial score (nSPS) is 11.4. The maximum Gasteiger partial charge on any atom is 0.331 e. The van der Waals surface area contributed by atoms with Gasteiger partial charge in [-0.05, 0) is 42.8 Å². The molecule has 0 aliphatic carbocycles. The fourth-order valence-corrected chi connectivity index (χ4v) is 3.20. The van der Waals surface area contributed by atoms with Crippen LogP contribution in [0.5, 0.6) is 11.5 Å². The van der Waals surface area contributed by atoms with Gasteiger partial charge in [0.2, 0.25) is 0 Å². The van der Waals surface area contributed by atoms with Crippen molar-refractivity contribution in [2.24, 2.45) is 0 Å². The van der Waals surface area contributed by atoms with E-state index < -0.39 is 19.1 Å². The Morgan fingerprint density at radius 1 is 1.30 bits per heavy atom. The van der Waals surface area contributed by atoms with Crippen molar-refractivity contribution in [3.8, 4) is 11.5 Å². The number of hydrogen-bond donors (Lipinski definition) is 0. The molecule has 0 aliphatic rings. The van der Waals surface area contributed by atoms with E-state index in [-0.39, 0.29) is 11.3 Å². The van der Waals surface area contributed by atoms with Gasteiger partial charge in [-0.1, -0.05) is 23.7 Å². The lowest BCUT2D eigenvalue weighted by molar-refractivity contribution is -0.139. The van der Waals surface area contributed by atoms with Gasteiger partial charge in [-0.15, -0.1) is 0 Å². The second-order valence-electron chi connectivity index (χ2n) is 6.07. The standard InChI is InChI=1S/C21H19ClF2N2O4/c1-3-29-17-11-13(10-14(22)20(17)28-2)8-9-19(27)30-12-18-25-15-6-4-5-7-16(15)26(18)21(23)24/h4-11,21H,3,12H2,1-2H3/b9-8+. The molecular weight excluding hydrogens is 418 g/mol. The van der Waals surface area contributed by atoms with E-state index in [1.54, 1.807) is 30.3 Å². The van der Waals surface area contributed by atoms with Gasteiger partial charge in [0.1, 0.15) is 6.61 Å². The molecule has 0 radical (unpaired) electrons. The number of methoxy groups -OCH3 is 1. The Morgan fingerprint density at radius 3 is 2.77 bits per heavy atom. The third-order valence-corrected chi connectivity index (χ3v) is 4.44. The first-order valence-electron chi connectivity index (χ1n) is 9.03. The SMILES string of the molecule is CCOc1cc(/C=C/C(=O)OCc2nc3ccccc3n2C(F)F)cc(Cl)c1OC. The van der Waals surface area contributed by atoms with Crippen LogP contribution in [0, 0.1) is 0 Å². The molecule has 0 spiro atoms. The average molecular weight is 437 g/mol. The lowest BCUT2D eigenvalue weighted by Gasteiger charge is -2.11. The molecule has 3 rings (SSSR count). The van der Waals surface area contributed by atoms with Crippen molar-refractivity contribution in [2.45, 2.75) is 20.1 Å². The fourth-order valence-electron chi connectivity index (χ4n) is 2.91. The van der Waals surface area contributed by atoms with Gasteiger partial charge in [0.15, 0.2) is 17.3 Å². The molecule has 158 valence electrons. The van der Waals surface area contributed by atoms with E-state index in [2.05, 4.69) is 4.98 Å². The number of hydrogen-bond acceptors (Lipinski definition) is 5. The Hall–Kier alpha value is -3.13. The lowest BCUT2D eigenvalue weighted by Crippen LogP contribution is -2.09. The van der Waals surface area contributed by atoms with Crippen molar-refractivity contribution in [2.75, 3.05) is 13.7 Å². The molecule has 0 N–H and O–H groups in total. The summed E-state index contributed by atoms with van der Waals surface area (Å²) in [5.41, 5.74) is 1.25. The van der Waals surface area contributed by atoms with Crippen molar-refractivity contribution in [1.29, 1.82) is 0 Å². The molecular formula is C21H19ClF2N2O4. The molecule has 0 saturated heterocycles. The Morgan fingerprint density at radius 2 is 2.07 bits per heavy atom. The molecule has 2 aromatic carbocycles. The van der Waals surface area contributed by atoms with Crippen LogP contribution >= 0.6 is 11.6 Å². The van der Waals surface area contributed by atoms with Gasteiger partial charge in [-0.2, -0.15) is 8.78 Å². The van der Waals surface area contributed by atoms with E-state index in [1.807, 2.05) is 6.92 Å². The number of nitrogens with zero attached hydrogens (tertiary/aromatic N) is 2. The van der Waals surface area contributed by atoms with E-state index in [0.717, 1.165) is 4.57 Å². The number of para-hydroxylation sites is 2. The van der Waals surface area contributed by atoms with E-state index in [9.17, 15) is 13.6 Å². The van der Waals surface area contributed by atoms with Crippen LogP contribution in [0.4, 0.5) is 8.78 Å². The number of esters is 1. The summed E-state index contributed by atoms with van der Waals surface area (Å²) in [4.78, 5) is 16.2. The third kappa shape index (κ3) is 4.71. The van der Waals surface area contributed by atoms with E-state index >= 15 is 0 Å². The predicted molar refractivity (Wildman–Crippen MR) is 109 cm³/mol. The first kappa shape index (κ1) is 21.6. The molecule has 0 unspecified atom stereocenters. The van der Waals surface area contributed by atoms with Crippen molar-refractivity contribution in [3.63, 3.8) is 0 Å². The largest absolute Gasteiger partial charge is 0.491 e. The molecule has 0 aliphatic heterocycles. The highest BCUT2D eigenvalue weighted by atomic mass is 35.5. The van der Waals surface area contributed by atoms with Crippen molar-refractivity contribution in [1.82, 2.24) is 9.55 Å². The zero-order valence-corrected chi connectivity index (χ0v) is 17.0. The van der Waals surface area contributed by atoms with E-state index in [0.29, 0.717) is 34.2 Å². The van der Waals surface area contributed by atoms with Crippen LogP contribution in [-0.2, 0) is 16.1 Å². The molecule has 30 heavy (non-hydrogen) atoms. The van der Waals surface area contributed by atoms with Crippen LogP contribution in [0.15, 0.2) is 42.5 Å². The fraction of sp³-hybridized carbons (Fsp3) is 0.238. The highest BCUT2D eigenvalue weighted by Gasteiger charge is 2.18. The molecule has 1 heterocycles. The van der Waals surface area contributed by atoms with Gasteiger partial charge in [0.05, 0.1) is 29.8 Å². The van der Waals surface area contributed by atoms with Crippen molar-refractivity contribution >= 4 is 34.7 Å². The summed E-state index contributed by atoms with van der Waals surface area (Å²) in [6.07, 6.45) is 2.65. The summed E-state index contributed by atoms with van der Waals surface area (Å²) in [5.74, 6) is 0.0714. The number of carbonyl (C=O) groups excluding carboxylic acids is 1. The number of benzene rings is 2. The molecule has 0 fully saturated rings. The Bertz CT molecular complexity index is 1080. The minimum absolute atomic E-state index is 0.0425. The minimum Gasteiger partial charge on any atom is -0.491 e. The van der Waals surface area contributed by atoms with Crippen molar-refractivity contribution < 1.29 is 27.8 Å². The zero-order chi connectivity index (χ0) is 21.7. The summed E-state index contributed by atoms with van der Waals surface area (Å²) in [7, 11) is 1.48. The van der Waals surface area contributed by atoms with Gasteiger partial charge in [0.25, 0.3) is 0 Å². The Kier molecular flexibility index (Phi) is 6.89. The maximum atomic E-state index is 13.4. The molecule has 3 aromatic rings. The monoisotopic (exact) mass is 436 g/mol. The summed E-state index contributed by atoms with van der Waals surface area (Å²) in [5, 5.41) is 0.321. The van der Waals surface area contributed by atoms with Crippen LogP contribution in [0.1, 0.15) is 24.9 Å². The maximum absolute atomic E-state index is 13.4. The second-order valence-corrected chi connectivity index (χ2v) is 6.48. The number of halogens is 3. The second kappa shape index (κ2) is 9.58. The van der Waals surface area contributed by atoms with Crippen molar-refractivity contribution in [3.05, 3.63) is 58.9 Å². The molecule has 0 saturated carbocycles. The summed E-state index contributed by atoms with van der Waals surface area (Å²) in [6.45, 7) is -0.969. The number of alkyl halides is 2. The first-order valence-corrected chi connectivity index (χ1v) is 9.41. The summed E-state index contributed by atoms with van der Waals surface area (Å²) in [6, 6.07) is 9.74. The zero-order valence-electron chi connectivity index (χ0n) is 16.3. The molecule has 0 amide bonds. The smallest absolute Gasteiger partial charge is 0.331 e. The van der Waals surface area contributed by atoms with Gasteiger partial charge >= 0.3 is 12.5 Å². The molecule has 1 aromatic heterocycles. The quantitative estimate of drug-likeness (QED) is 0.356. The number of carbonyl (C=O) groups is 1. The van der Waals surface area contributed by atoms with Crippen LogP contribution in [0.2, 0.25) is 5.02 Å². The number of ether oxygens (including phenoxy) is 3. The van der Waals surface area contributed by atoms with Gasteiger partial charge in [-0.25, -0.2) is 9.78 Å². The van der Waals surface area contributed by atoms with Gasteiger partial charge < -0.3 is 14.2 Å². The number of aromatic nitrogens is 2. The highest BCUT2D eigenvalue weighted by molar-refractivity contribution is 6.32.